The van der Waals surface area contributed by atoms with E-state index in [4.69, 9.17) is 14.3 Å². The Hall–Kier alpha value is -2.69. The minimum atomic E-state index is 0. The van der Waals surface area contributed by atoms with Crippen LogP contribution in [0.25, 0.3) is 11.6 Å². The highest BCUT2D eigenvalue weighted by molar-refractivity contribution is 14.0. The van der Waals surface area contributed by atoms with Gasteiger partial charge in [0.1, 0.15) is 11.4 Å². The van der Waals surface area contributed by atoms with Gasteiger partial charge in [0.05, 0.1) is 7.11 Å². The molecule has 0 aliphatic carbocycles. The molecule has 3 aromatic rings. The molecule has 1 aromatic carbocycles. The molecule has 8 nitrogen and oxygen atoms in total. The van der Waals surface area contributed by atoms with Crippen LogP contribution in [0.1, 0.15) is 18.3 Å². The molecule has 160 valence electrons. The summed E-state index contributed by atoms with van der Waals surface area (Å²) in [6.45, 7) is 4.05. The number of hydrogen-bond acceptors (Lipinski definition) is 6. The molecule has 2 heterocycles. The van der Waals surface area contributed by atoms with E-state index in [-0.39, 0.29) is 24.0 Å². The summed E-state index contributed by atoms with van der Waals surface area (Å²) in [6, 6.07) is 13.6. The van der Waals surface area contributed by atoms with E-state index in [0.29, 0.717) is 36.9 Å². The fourth-order valence-corrected chi connectivity index (χ4v) is 2.84. The Bertz CT molecular complexity index is 932. The van der Waals surface area contributed by atoms with Crippen molar-refractivity contribution in [1.82, 2.24) is 25.3 Å². The van der Waals surface area contributed by atoms with Crippen LogP contribution in [0.3, 0.4) is 0 Å². The summed E-state index contributed by atoms with van der Waals surface area (Å²) in [5.74, 6) is 2.71. The number of para-hydroxylation sites is 1. The molecule has 9 heteroatoms. The molecule has 0 aliphatic heterocycles. The zero-order valence-corrected chi connectivity index (χ0v) is 19.7. The van der Waals surface area contributed by atoms with Crippen molar-refractivity contribution in [3.63, 3.8) is 0 Å². The van der Waals surface area contributed by atoms with E-state index >= 15 is 0 Å². The molecule has 2 aromatic heterocycles. The van der Waals surface area contributed by atoms with Crippen molar-refractivity contribution in [2.45, 2.75) is 19.9 Å². The normalized spacial score (nSPS) is 11.0. The second-order valence-electron chi connectivity index (χ2n) is 6.38. The van der Waals surface area contributed by atoms with Gasteiger partial charge in [-0.15, -0.1) is 24.0 Å². The van der Waals surface area contributed by atoms with E-state index in [0.717, 1.165) is 23.8 Å². The Labute approximate surface area is 193 Å². The van der Waals surface area contributed by atoms with Crippen molar-refractivity contribution in [3.05, 3.63) is 60.0 Å². The lowest BCUT2D eigenvalue weighted by Crippen LogP contribution is -2.38. The molecule has 0 unspecified atom stereocenters. The number of halogens is 1. The fourth-order valence-electron chi connectivity index (χ4n) is 2.84. The number of rotatable bonds is 8. The molecule has 0 aliphatic rings. The van der Waals surface area contributed by atoms with Crippen LogP contribution >= 0.6 is 24.0 Å². The summed E-state index contributed by atoms with van der Waals surface area (Å²) in [7, 11) is 3.68. The van der Waals surface area contributed by atoms with Gasteiger partial charge in [-0.05, 0) is 25.1 Å². The van der Waals surface area contributed by atoms with Gasteiger partial charge < -0.3 is 19.5 Å². The molecule has 0 spiro atoms. The summed E-state index contributed by atoms with van der Waals surface area (Å²) in [5.41, 5.74) is 1.76. The number of pyridine rings is 1. The lowest BCUT2D eigenvalue weighted by atomic mass is 10.2. The maximum atomic E-state index is 5.44. The van der Waals surface area contributed by atoms with Gasteiger partial charge in [-0.2, -0.15) is 4.98 Å². The second-order valence-corrected chi connectivity index (χ2v) is 6.38. The lowest BCUT2D eigenvalue weighted by Gasteiger charge is -2.23. The predicted octanol–water partition coefficient (Wildman–Crippen LogP) is 3.40. The first-order valence-electron chi connectivity index (χ1n) is 9.56. The number of hydrogen-bond donors (Lipinski definition) is 1. The monoisotopic (exact) mass is 522 g/mol. The van der Waals surface area contributed by atoms with Crippen molar-refractivity contribution in [3.8, 4) is 17.3 Å². The van der Waals surface area contributed by atoms with Crippen molar-refractivity contribution in [1.29, 1.82) is 0 Å². The van der Waals surface area contributed by atoms with Crippen LogP contribution in [0.15, 0.2) is 58.2 Å². The van der Waals surface area contributed by atoms with Crippen LogP contribution in [0.4, 0.5) is 0 Å². The zero-order chi connectivity index (χ0) is 20.5. The number of aromatic nitrogens is 3. The highest BCUT2D eigenvalue weighted by Gasteiger charge is 2.11. The Kier molecular flexibility index (Phi) is 9.52. The average Bonchev–Trinajstić information content (AvgIpc) is 3.23. The summed E-state index contributed by atoms with van der Waals surface area (Å²) >= 11 is 0. The van der Waals surface area contributed by atoms with Gasteiger partial charge in [0.2, 0.25) is 0 Å². The van der Waals surface area contributed by atoms with Crippen LogP contribution in [-0.4, -0.2) is 53.2 Å². The van der Waals surface area contributed by atoms with Crippen LogP contribution in [0, 0.1) is 0 Å². The molecule has 0 atom stereocenters. The minimum absolute atomic E-state index is 0. The number of guanidine groups is 1. The number of nitrogens with one attached hydrogen (secondary N) is 1. The van der Waals surface area contributed by atoms with Gasteiger partial charge in [0, 0.05) is 44.9 Å². The first kappa shape index (κ1) is 23.6. The summed E-state index contributed by atoms with van der Waals surface area (Å²) in [4.78, 5) is 15.4. The highest BCUT2D eigenvalue weighted by Crippen LogP contribution is 2.18. The number of nitrogens with zero attached hydrogens (tertiary/aromatic N) is 5. The first-order valence-corrected chi connectivity index (χ1v) is 9.56. The van der Waals surface area contributed by atoms with Crippen LogP contribution < -0.4 is 10.1 Å². The Balaban J connectivity index is 0.00000320. The van der Waals surface area contributed by atoms with E-state index in [2.05, 4.69) is 31.4 Å². The van der Waals surface area contributed by atoms with Crippen molar-refractivity contribution in [2.75, 3.05) is 27.2 Å². The first-order chi connectivity index (χ1) is 14.2. The Morgan fingerprint density at radius 1 is 1.20 bits per heavy atom. The van der Waals surface area contributed by atoms with E-state index in [1.165, 1.54) is 0 Å². The van der Waals surface area contributed by atoms with Crippen molar-refractivity contribution < 1.29 is 9.26 Å². The van der Waals surface area contributed by atoms with Crippen molar-refractivity contribution >= 4 is 29.9 Å². The molecule has 30 heavy (non-hydrogen) atoms. The van der Waals surface area contributed by atoms with Crippen LogP contribution in [0.2, 0.25) is 0 Å². The van der Waals surface area contributed by atoms with Gasteiger partial charge >= 0.3 is 0 Å². The largest absolute Gasteiger partial charge is 0.496 e. The summed E-state index contributed by atoms with van der Waals surface area (Å²) < 4.78 is 10.7. The van der Waals surface area contributed by atoms with E-state index < -0.39 is 0 Å². The zero-order valence-electron chi connectivity index (χ0n) is 17.4. The minimum Gasteiger partial charge on any atom is -0.496 e. The quantitative estimate of drug-likeness (QED) is 0.276. The Morgan fingerprint density at radius 3 is 2.73 bits per heavy atom. The van der Waals surface area contributed by atoms with Gasteiger partial charge in [0.25, 0.3) is 5.89 Å². The fraction of sp³-hybridized carbons (Fsp3) is 0.333. The second kappa shape index (κ2) is 12.1. The van der Waals surface area contributed by atoms with Crippen LogP contribution in [0.5, 0.6) is 5.75 Å². The highest BCUT2D eigenvalue weighted by atomic mass is 127. The topological polar surface area (TPSA) is 88.7 Å². The molecule has 0 fully saturated rings. The molecular formula is C21H27IN6O2. The van der Waals surface area contributed by atoms with Crippen LogP contribution in [-0.2, 0) is 13.0 Å². The molecule has 1 N–H and O–H groups in total. The molecular weight excluding hydrogens is 495 g/mol. The number of methoxy groups -OCH3 is 1. The molecule has 3 rings (SSSR count). The maximum absolute atomic E-state index is 5.44. The van der Waals surface area contributed by atoms with Gasteiger partial charge in [-0.25, -0.2) is 0 Å². The number of ether oxygens (including phenoxy) is 1. The van der Waals surface area contributed by atoms with Gasteiger partial charge in [0.15, 0.2) is 11.8 Å². The molecule has 0 saturated heterocycles. The average molecular weight is 522 g/mol. The van der Waals surface area contributed by atoms with E-state index in [9.17, 15) is 0 Å². The number of benzene rings is 1. The Morgan fingerprint density at radius 2 is 2.00 bits per heavy atom. The van der Waals surface area contributed by atoms with Gasteiger partial charge in [-0.3, -0.25) is 9.98 Å². The lowest BCUT2D eigenvalue weighted by molar-refractivity contribution is 0.396. The van der Waals surface area contributed by atoms with E-state index in [1.54, 1.807) is 13.3 Å². The maximum Gasteiger partial charge on any atom is 0.276 e. The smallest absolute Gasteiger partial charge is 0.276 e. The summed E-state index contributed by atoms with van der Waals surface area (Å²) in [6.07, 6.45) is 2.28. The van der Waals surface area contributed by atoms with Gasteiger partial charge in [-0.1, -0.05) is 29.4 Å². The standard InChI is InChI=1S/C21H26N6O2.HI/c1-4-22-21(27(2)15-16-9-5-6-11-18(16)28-3)24-14-12-19-25-20(29-26-19)17-10-7-8-13-23-17;/h5-11,13H,4,12,14-15H2,1-3H3,(H,22,24);1H. The third kappa shape index (κ3) is 6.41. The SMILES string of the molecule is CCNC(=NCCc1noc(-c2ccccn2)n1)N(C)Cc1ccccc1OC.I. The molecule has 0 bridgehead atoms. The predicted molar refractivity (Wildman–Crippen MR) is 127 cm³/mol. The summed E-state index contributed by atoms with van der Waals surface area (Å²) in [5, 5.41) is 7.34. The van der Waals surface area contributed by atoms with Crippen molar-refractivity contribution in [2.24, 2.45) is 4.99 Å². The molecule has 0 radical (unpaired) electrons. The molecule has 0 amide bonds. The third-order valence-corrected chi connectivity index (χ3v) is 4.25. The number of aliphatic imine (C=N–C) groups is 1. The third-order valence-electron chi connectivity index (χ3n) is 4.25. The molecule has 0 saturated carbocycles. The van der Waals surface area contributed by atoms with E-state index in [1.807, 2.05) is 50.4 Å².